The number of hydrogen-bond donors (Lipinski definition) is 0. The molecule has 0 unspecified atom stereocenters. The lowest BCUT2D eigenvalue weighted by atomic mass is 10.2. The summed E-state index contributed by atoms with van der Waals surface area (Å²) < 4.78 is 5.17. The Hall–Kier alpha value is -0.180. The number of fused-ring (bicyclic) bond motifs is 4. The molecule has 0 aromatic carbocycles. The highest BCUT2D eigenvalue weighted by Crippen LogP contribution is 2.21. The fraction of sp³-hybridized carbons (Fsp3) is 0.857. The summed E-state index contributed by atoms with van der Waals surface area (Å²) in [6, 6.07) is 0. The van der Waals surface area contributed by atoms with Gasteiger partial charge in [-0.25, -0.2) is 4.79 Å². The van der Waals surface area contributed by atoms with E-state index in [2.05, 4.69) is 0 Å². The van der Waals surface area contributed by atoms with Crippen LogP contribution in [0, 0.1) is 0 Å². The molecule has 3 aliphatic heterocycles. The topological polar surface area (TPSA) is 26.3 Å². The summed E-state index contributed by atoms with van der Waals surface area (Å²) in [5.74, 6) is 3.21. The molecule has 0 aliphatic carbocycles. The van der Waals surface area contributed by atoms with Crippen molar-refractivity contribution >= 4 is 16.9 Å². The van der Waals surface area contributed by atoms with Crippen LogP contribution in [0.1, 0.15) is 12.8 Å². The fourth-order valence-electron chi connectivity index (χ4n) is 1.49. The van der Waals surface area contributed by atoms with Crippen LogP contribution < -0.4 is 0 Å². The molecule has 3 aliphatic rings. The maximum absolute atomic E-state index is 10.9. The predicted molar refractivity (Wildman–Crippen MR) is 41.1 cm³/mol. The van der Waals surface area contributed by atoms with Gasteiger partial charge in [0.15, 0.2) is 0 Å². The van der Waals surface area contributed by atoms with Crippen LogP contribution in [0.4, 0.5) is 0 Å². The van der Waals surface area contributed by atoms with E-state index in [9.17, 15) is 4.79 Å². The molecule has 56 valence electrons. The zero-order valence-electron chi connectivity index (χ0n) is 5.84. The molecule has 2 nitrogen and oxygen atoms in total. The van der Waals surface area contributed by atoms with Gasteiger partial charge < -0.3 is 4.74 Å². The van der Waals surface area contributed by atoms with Gasteiger partial charge in [0.2, 0.25) is 5.75 Å². The van der Waals surface area contributed by atoms with Crippen molar-refractivity contribution in [3.8, 4) is 0 Å². The normalized spacial score (nSPS) is 39.0. The Morgan fingerprint density at radius 3 is 2.80 bits per heavy atom. The van der Waals surface area contributed by atoms with Gasteiger partial charge in [-0.05, 0) is 10.9 Å². The standard InChI is InChI=1S/C7H11O2S/c8-7-5-10-3-1-6(9-7)2-4-10/h6H,1-5H2/q+1. The second kappa shape index (κ2) is 2.46. The molecule has 0 amide bonds. The van der Waals surface area contributed by atoms with Gasteiger partial charge in [-0.2, -0.15) is 0 Å². The van der Waals surface area contributed by atoms with Gasteiger partial charge >= 0.3 is 5.97 Å². The maximum Gasteiger partial charge on any atom is 0.356 e. The highest BCUT2D eigenvalue weighted by Gasteiger charge is 2.36. The Bertz CT molecular complexity index is 134. The Morgan fingerprint density at radius 1 is 1.40 bits per heavy atom. The molecule has 3 saturated heterocycles. The summed E-state index contributed by atoms with van der Waals surface area (Å²) in [4.78, 5) is 10.9. The smallest absolute Gasteiger partial charge is 0.356 e. The van der Waals surface area contributed by atoms with Crippen molar-refractivity contribution < 1.29 is 9.53 Å². The third-order valence-electron chi connectivity index (χ3n) is 2.08. The molecule has 0 N–H and O–H groups in total. The van der Waals surface area contributed by atoms with Gasteiger partial charge in [-0.15, -0.1) is 0 Å². The van der Waals surface area contributed by atoms with Crippen LogP contribution in [0.5, 0.6) is 0 Å². The van der Waals surface area contributed by atoms with E-state index in [1.54, 1.807) is 0 Å². The molecule has 10 heavy (non-hydrogen) atoms. The van der Waals surface area contributed by atoms with E-state index in [0.717, 1.165) is 12.8 Å². The third-order valence-corrected chi connectivity index (χ3v) is 4.35. The first-order valence-corrected chi connectivity index (χ1v) is 5.41. The zero-order chi connectivity index (χ0) is 6.97. The van der Waals surface area contributed by atoms with E-state index < -0.39 is 0 Å². The molecule has 0 atom stereocenters. The first-order valence-electron chi connectivity index (χ1n) is 3.68. The molecule has 0 aromatic heterocycles. The Morgan fingerprint density at radius 2 is 2.10 bits per heavy atom. The fourth-order valence-corrected chi connectivity index (χ4v) is 3.58. The van der Waals surface area contributed by atoms with Crippen molar-refractivity contribution in [2.75, 3.05) is 17.3 Å². The van der Waals surface area contributed by atoms with E-state index in [1.165, 1.54) is 11.5 Å². The van der Waals surface area contributed by atoms with Gasteiger partial charge in [-0.3, -0.25) is 0 Å². The first kappa shape index (κ1) is 6.53. The largest absolute Gasteiger partial charge is 0.459 e. The number of ether oxygens (including phenoxy) is 1. The minimum Gasteiger partial charge on any atom is -0.459 e. The van der Waals surface area contributed by atoms with Crippen molar-refractivity contribution in [1.82, 2.24) is 0 Å². The number of esters is 1. The van der Waals surface area contributed by atoms with Crippen LogP contribution in [-0.2, 0) is 20.4 Å². The average Bonchev–Trinajstić information content (AvgIpc) is 2.17. The molecule has 3 rings (SSSR count). The lowest BCUT2D eigenvalue weighted by molar-refractivity contribution is -0.145. The molecule has 0 radical (unpaired) electrons. The van der Waals surface area contributed by atoms with Crippen LogP contribution in [0.2, 0.25) is 0 Å². The van der Waals surface area contributed by atoms with E-state index in [0.29, 0.717) is 16.6 Å². The second-order valence-corrected chi connectivity index (χ2v) is 5.18. The van der Waals surface area contributed by atoms with Gasteiger partial charge in [0.05, 0.1) is 0 Å². The van der Waals surface area contributed by atoms with Gasteiger partial charge in [0.25, 0.3) is 0 Å². The van der Waals surface area contributed by atoms with Crippen LogP contribution >= 0.6 is 0 Å². The summed E-state index contributed by atoms with van der Waals surface area (Å²) in [5, 5.41) is 0. The minimum atomic E-state index is 0.0448. The van der Waals surface area contributed by atoms with Crippen molar-refractivity contribution in [2.45, 2.75) is 18.9 Å². The van der Waals surface area contributed by atoms with E-state index >= 15 is 0 Å². The highest BCUT2D eigenvalue weighted by atomic mass is 32.2. The molecule has 3 fully saturated rings. The van der Waals surface area contributed by atoms with Gasteiger partial charge in [-0.1, -0.05) is 0 Å². The van der Waals surface area contributed by atoms with Crippen molar-refractivity contribution in [1.29, 1.82) is 0 Å². The van der Waals surface area contributed by atoms with Gasteiger partial charge in [0.1, 0.15) is 17.6 Å². The quantitative estimate of drug-likeness (QED) is 0.376. The molecule has 3 heteroatoms. The van der Waals surface area contributed by atoms with Crippen molar-refractivity contribution in [3.05, 3.63) is 0 Å². The average molecular weight is 159 g/mol. The van der Waals surface area contributed by atoms with E-state index in [4.69, 9.17) is 4.74 Å². The molecule has 3 heterocycles. The highest BCUT2D eigenvalue weighted by molar-refractivity contribution is 7.97. The van der Waals surface area contributed by atoms with Crippen molar-refractivity contribution in [3.63, 3.8) is 0 Å². The van der Waals surface area contributed by atoms with Crippen molar-refractivity contribution in [2.24, 2.45) is 0 Å². The molecule has 2 bridgehead atoms. The minimum absolute atomic E-state index is 0.0448. The SMILES string of the molecule is O=C1C[S+]2CCC(CC2)O1. The van der Waals surface area contributed by atoms with Crippen LogP contribution in [-0.4, -0.2) is 29.3 Å². The predicted octanol–water partition coefficient (Wildman–Crippen LogP) is 0.324. The number of carbonyl (C=O) groups excluding carboxylic acids is 1. The Kier molecular flexibility index (Phi) is 1.60. The second-order valence-electron chi connectivity index (χ2n) is 2.85. The number of hydrogen-bond acceptors (Lipinski definition) is 2. The summed E-state index contributed by atoms with van der Waals surface area (Å²) in [5.41, 5.74) is 0. The lowest BCUT2D eigenvalue weighted by Gasteiger charge is -2.14. The lowest BCUT2D eigenvalue weighted by Crippen LogP contribution is -2.24. The van der Waals surface area contributed by atoms with E-state index in [-0.39, 0.29) is 12.1 Å². The number of rotatable bonds is 0. The van der Waals surface area contributed by atoms with Crippen LogP contribution in [0.15, 0.2) is 0 Å². The van der Waals surface area contributed by atoms with E-state index in [1.807, 2.05) is 0 Å². The Labute approximate surface area is 63.3 Å². The zero-order valence-corrected chi connectivity index (χ0v) is 6.65. The summed E-state index contributed by atoms with van der Waals surface area (Å²) in [6.45, 7) is 0. The molecular formula is C7H11O2S+. The monoisotopic (exact) mass is 159 g/mol. The molecular weight excluding hydrogens is 148 g/mol. The Balaban J connectivity index is 2.12. The first-order chi connectivity index (χ1) is 4.84. The van der Waals surface area contributed by atoms with Crippen LogP contribution in [0.25, 0.3) is 0 Å². The number of carbonyl (C=O) groups is 1. The van der Waals surface area contributed by atoms with Crippen LogP contribution in [0.3, 0.4) is 0 Å². The van der Waals surface area contributed by atoms with Gasteiger partial charge in [0, 0.05) is 12.8 Å². The third kappa shape index (κ3) is 1.15. The summed E-state index contributed by atoms with van der Waals surface area (Å²) >= 11 is 0. The summed E-state index contributed by atoms with van der Waals surface area (Å²) in [7, 11) is 0.392. The molecule has 0 saturated carbocycles. The molecule has 0 spiro atoms. The maximum atomic E-state index is 10.9. The molecule has 0 aromatic rings. The summed E-state index contributed by atoms with van der Waals surface area (Å²) in [6.07, 6.45) is 2.52.